The van der Waals surface area contributed by atoms with Crippen molar-refractivity contribution in [1.29, 1.82) is 0 Å². The molecule has 0 fully saturated rings. The number of hydrogen-bond acceptors (Lipinski definition) is 3. The first kappa shape index (κ1) is 14.2. The minimum Gasteiger partial charge on any atom is -0.480 e. The van der Waals surface area contributed by atoms with Crippen LogP contribution in [0.15, 0.2) is 30.3 Å². The van der Waals surface area contributed by atoms with Gasteiger partial charge in [-0.05, 0) is 12.5 Å². The van der Waals surface area contributed by atoms with Gasteiger partial charge in [-0.1, -0.05) is 30.3 Å². The summed E-state index contributed by atoms with van der Waals surface area (Å²) in [5.74, 6) is -1.87. The van der Waals surface area contributed by atoms with E-state index in [9.17, 15) is 14.7 Å². The highest BCUT2D eigenvalue weighted by Crippen LogP contribution is 2.31. The molecule has 0 spiro atoms. The molecule has 0 saturated carbocycles. The Balaban J connectivity index is 2.92. The van der Waals surface area contributed by atoms with Crippen molar-refractivity contribution in [3.63, 3.8) is 0 Å². The molecule has 0 radical (unpaired) electrons. The molecular formula is C13H17NO4. The van der Waals surface area contributed by atoms with Crippen molar-refractivity contribution in [1.82, 2.24) is 5.32 Å². The zero-order valence-electron chi connectivity index (χ0n) is 10.4. The van der Waals surface area contributed by atoms with E-state index in [2.05, 4.69) is 5.32 Å². The quantitative estimate of drug-likeness (QED) is 0.680. The topological polar surface area (TPSA) is 86.6 Å². The summed E-state index contributed by atoms with van der Waals surface area (Å²) in [6, 6.07) is 8.67. The molecule has 5 heteroatoms. The van der Waals surface area contributed by atoms with Crippen LogP contribution in [0.3, 0.4) is 0 Å². The molecule has 2 atom stereocenters. The predicted octanol–water partition coefficient (Wildman–Crippen LogP) is 0.947. The number of carboxylic acid groups (broad SMARTS) is 1. The Morgan fingerprint density at radius 2 is 1.89 bits per heavy atom. The minimum absolute atomic E-state index is 0.175. The molecule has 18 heavy (non-hydrogen) atoms. The van der Waals surface area contributed by atoms with Gasteiger partial charge in [-0.15, -0.1) is 0 Å². The number of aliphatic hydroxyl groups is 1. The third-order valence-electron chi connectivity index (χ3n) is 2.99. The van der Waals surface area contributed by atoms with E-state index >= 15 is 0 Å². The molecule has 3 N–H and O–H groups in total. The molecule has 5 nitrogen and oxygen atoms in total. The van der Waals surface area contributed by atoms with Crippen molar-refractivity contribution >= 4 is 11.9 Å². The molecule has 0 bridgehead atoms. The van der Waals surface area contributed by atoms with Gasteiger partial charge < -0.3 is 15.5 Å². The Morgan fingerprint density at radius 3 is 2.33 bits per heavy atom. The van der Waals surface area contributed by atoms with Crippen LogP contribution in [0.4, 0.5) is 0 Å². The molecule has 2 unspecified atom stereocenters. The molecule has 0 aliphatic rings. The second-order valence-corrected chi connectivity index (χ2v) is 4.35. The number of carbonyl (C=O) groups excluding carboxylic acids is 1. The normalized spacial score (nSPS) is 15.5. The van der Waals surface area contributed by atoms with Crippen LogP contribution in [0.2, 0.25) is 0 Å². The van der Waals surface area contributed by atoms with E-state index < -0.39 is 23.4 Å². The van der Waals surface area contributed by atoms with Crippen molar-refractivity contribution in [2.75, 3.05) is 7.05 Å². The zero-order valence-corrected chi connectivity index (χ0v) is 10.4. The molecule has 0 aliphatic heterocycles. The van der Waals surface area contributed by atoms with Crippen LogP contribution in [0.25, 0.3) is 0 Å². The second kappa shape index (κ2) is 5.64. The van der Waals surface area contributed by atoms with Crippen LogP contribution in [0.1, 0.15) is 25.0 Å². The molecule has 1 amide bonds. The van der Waals surface area contributed by atoms with Gasteiger partial charge >= 0.3 is 5.97 Å². The van der Waals surface area contributed by atoms with Crippen molar-refractivity contribution < 1.29 is 19.8 Å². The van der Waals surface area contributed by atoms with E-state index in [1.54, 1.807) is 30.3 Å². The molecule has 98 valence electrons. The van der Waals surface area contributed by atoms with E-state index in [1.165, 1.54) is 14.0 Å². The van der Waals surface area contributed by atoms with Gasteiger partial charge in [0.1, 0.15) is 5.41 Å². The minimum atomic E-state index is -1.65. The maximum atomic E-state index is 11.6. The number of hydrogen-bond donors (Lipinski definition) is 3. The van der Waals surface area contributed by atoms with Gasteiger partial charge in [-0.2, -0.15) is 0 Å². The Bertz CT molecular complexity index is 432. The van der Waals surface area contributed by atoms with E-state index in [4.69, 9.17) is 5.11 Å². The van der Waals surface area contributed by atoms with E-state index in [0.717, 1.165) is 0 Å². The average molecular weight is 251 g/mol. The first-order valence-corrected chi connectivity index (χ1v) is 5.60. The maximum Gasteiger partial charge on any atom is 0.319 e. The summed E-state index contributed by atoms with van der Waals surface area (Å²) in [5, 5.41) is 21.5. The average Bonchev–Trinajstić information content (AvgIpc) is 2.38. The van der Waals surface area contributed by atoms with Crippen LogP contribution < -0.4 is 5.32 Å². The predicted molar refractivity (Wildman–Crippen MR) is 65.8 cm³/mol. The lowest BCUT2D eigenvalue weighted by Crippen LogP contribution is -2.44. The number of nitrogens with one attached hydrogen (secondary N) is 1. The van der Waals surface area contributed by atoms with Crippen molar-refractivity contribution in [3.05, 3.63) is 35.9 Å². The number of carboxylic acids is 1. The van der Waals surface area contributed by atoms with Crippen LogP contribution in [-0.2, 0) is 9.59 Å². The third kappa shape index (κ3) is 2.87. The molecule has 0 saturated heterocycles. The fourth-order valence-electron chi connectivity index (χ4n) is 1.73. The Morgan fingerprint density at radius 1 is 1.33 bits per heavy atom. The van der Waals surface area contributed by atoms with E-state index in [1.807, 2.05) is 0 Å². The fraction of sp³-hybridized carbons (Fsp3) is 0.385. The van der Waals surface area contributed by atoms with E-state index in [-0.39, 0.29) is 6.42 Å². The molecule has 0 aromatic heterocycles. The number of carbonyl (C=O) groups is 2. The van der Waals surface area contributed by atoms with Crippen molar-refractivity contribution in [3.8, 4) is 0 Å². The molecule has 1 rings (SSSR count). The second-order valence-electron chi connectivity index (χ2n) is 4.35. The fourth-order valence-corrected chi connectivity index (χ4v) is 1.73. The zero-order chi connectivity index (χ0) is 13.8. The summed E-state index contributed by atoms with van der Waals surface area (Å²) in [6.07, 6.45) is -1.17. The number of aliphatic hydroxyl groups excluding tert-OH is 1. The lowest BCUT2D eigenvalue weighted by Gasteiger charge is -2.25. The van der Waals surface area contributed by atoms with Crippen LogP contribution in [0, 0.1) is 5.41 Å². The SMILES string of the molecule is CNC(=O)C(C)(CC(O)c1ccccc1)C(=O)O. The Hall–Kier alpha value is -1.88. The van der Waals surface area contributed by atoms with Gasteiger partial charge in [0, 0.05) is 13.5 Å². The summed E-state index contributed by atoms with van der Waals surface area (Å²) < 4.78 is 0. The summed E-state index contributed by atoms with van der Waals surface area (Å²) in [7, 11) is 1.37. The van der Waals surface area contributed by atoms with E-state index in [0.29, 0.717) is 5.56 Å². The van der Waals surface area contributed by atoms with Crippen LogP contribution in [0.5, 0.6) is 0 Å². The van der Waals surface area contributed by atoms with Gasteiger partial charge in [0.2, 0.25) is 5.91 Å². The highest BCUT2D eigenvalue weighted by atomic mass is 16.4. The Kier molecular flexibility index (Phi) is 4.44. The molecule has 0 heterocycles. The van der Waals surface area contributed by atoms with Crippen LogP contribution >= 0.6 is 0 Å². The summed E-state index contributed by atoms with van der Waals surface area (Å²) >= 11 is 0. The number of aliphatic carboxylic acids is 1. The first-order chi connectivity index (χ1) is 8.41. The number of rotatable bonds is 5. The monoisotopic (exact) mass is 251 g/mol. The summed E-state index contributed by atoms with van der Waals surface area (Å²) in [6.45, 7) is 1.31. The van der Waals surface area contributed by atoms with Gasteiger partial charge in [0.25, 0.3) is 0 Å². The highest BCUT2D eigenvalue weighted by Gasteiger charge is 2.42. The largest absolute Gasteiger partial charge is 0.480 e. The molecule has 1 aromatic carbocycles. The highest BCUT2D eigenvalue weighted by molar-refractivity contribution is 6.01. The van der Waals surface area contributed by atoms with Gasteiger partial charge in [0.15, 0.2) is 0 Å². The lowest BCUT2D eigenvalue weighted by molar-refractivity contribution is -0.156. The summed E-state index contributed by atoms with van der Waals surface area (Å²) in [4.78, 5) is 22.9. The maximum absolute atomic E-state index is 11.6. The number of benzene rings is 1. The first-order valence-electron chi connectivity index (χ1n) is 5.60. The molecule has 0 aliphatic carbocycles. The van der Waals surface area contributed by atoms with Crippen molar-refractivity contribution in [2.24, 2.45) is 5.41 Å². The summed E-state index contributed by atoms with van der Waals surface area (Å²) in [5.41, 5.74) is -1.06. The van der Waals surface area contributed by atoms with Crippen molar-refractivity contribution in [2.45, 2.75) is 19.4 Å². The van der Waals surface area contributed by atoms with Gasteiger partial charge in [-0.25, -0.2) is 0 Å². The lowest BCUT2D eigenvalue weighted by atomic mass is 9.82. The van der Waals surface area contributed by atoms with Gasteiger partial charge in [-0.3, -0.25) is 9.59 Å². The standard InChI is InChI=1S/C13H17NO4/c1-13(12(17)18,11(16)14-2)8-10(15)9-6-4-3-5-7-9/h3-7,10,15H,8H2,1-2H3,(H,14,16)(H,17,18). The Labute approximate surface area is 105 Å². The smallest absolute Gasteiger partial charge is 0.319 e. The van der Waals surface area contributed by atoms with Gasteiger partial charge in [0.05, 0.1) is 6.10 Å². The van der Waals surface area contributed by atoms with Crippen LogP contribution in [-0.4, -0.2) is 29.1 Å². The number of amides is 1. The third-order valence-corrected chi connectivity index (χ3v) is 2.99. The molecular weight excluding hydrogens is 234 g/mol. The molecule has 1 aromatic rings.